The number of para-hydroxylation sites is 2. The largest absolute Gasteiger partial charge is 0.495 e. The molecule has 0 saturated heterocycles. The van der Waals surface area contributed by atoms with Crippen molar-refractivity contribution in [3.05, 3.63) is 88.4 Å². The molecular formula is C21H17BrN2O4. The second-order valence-electron chi connectivity index (χ2n) is 5.70. The van der Waals surface area contributed by atoms with Crippen LogP contribution in [0.5, 0.6) is 5.75 Å². The van der Waals surface area contributed by atoms with E-state index in [1.165, 1.54) is 19.4 Å². The van der Waals surface area contributed by atoms with E-state index in [1.807, 2.05) is 24.3 Å². The van der Waals surface area contributed by atoms with E-state index in [0.717, 1.165) is 10.0 Å². The summed E-state index contributed by atoms with van der Waals surface area (Å²) < 4.78 is 11.2. The zero-order valence-electron chi connectivity index (χ0n) is 14.9. The third kappa shape index (κ3) is 4.89. The van der Waals surface area contributed by atoms with Gasteiger partial charge in [-0.2, -0.15) is 0 Å². The van der Waals surface area contributed by atoms with E-state index >= 15 is 0 Å². The molecule has 0 aliphatic carbocycles. The average molecular weight is 441 g/mol. The van der Waals surface area contributed by atoms with Gasteiger partial charge in [0.1, 0.15) is 11.4 Å². The third-order valence-corrected chi connectivity index (χ3v) is 4.25. The Bertz CT molecular complexity index is 1010. The van der Waals surface area contributed by atoms with Crippen molar-refractivity contribution in [1.82, 2.24) is 5.32 Å². The second kappa shape index (κ2) is 9.05. The first-order chi connectivity index (χ1) is 13.6. The number of methoxy groups -OCH3 is 1. The van der Waals surface area contributed by atoms with Gasteiger partial charge in [-0.15, -0.1) is 0 Å². The van der Waals surface area contributed by atoms with Crippen LogP contribution in [0.15, 0.2) is 81.5 Å². The van der Waals surface area contributed by atoms with E-state index in [-0.39, 0.29) is 11.5 Å². The molecule has 7 heteroatoms. The quantitative estimate of drug-likeness (QED) is 0.554. The van der Waals surface area contributed by atoms with E-state index in [0.29, 0.717) is 11.4 Å². The van der Waals surface area contributed by atoms with E-state index in [2.05, 4.69) is 26.6 Å². The van der Waals surface area contributed by atoms with Crippen LogP contribution in [0, 0.1) is 0 Å². The van der Waals surface area contributed by atoms with Gasteiger partial charge in [0.2, 0.25) is 0 Å². The minimum Gasteiger partial charge on any atom is -0.495 e. The zero-order chi connectivity index (χ0) is 19.9. The summed E-state index contributed by atoms with van der Waals surface area (Å²) in [5.41, 5.74) is 1.28. The first kappa shape index (κ1) is 19.4. The molecule has 0 atom stereocenters. The molecule has 1 heterocycles. The maximum Gasteiger partial charge on any atom is 0.291 e. The Morgan fingerprint density at radius 2 is 1.89 bits per heavy atom. The van der Waals surface area contributed by atoms with Crippen LogP contribution in [0.1, 0.15) is 16.1 Å². The predicted octanol–water partition coefficient (Wildman–Crippen LogP) is 4.46. The molecule has 0 aliphatic rings. The lowest BCUT2D eigenvalue weighted by molar-refractivity contribution is -0.113. The van der Waals surface area contributed by atoms with Crippen molar-refractivity contribution in [2.75, 3.05) is 12.4 Å². The number of benzene rings is 2. The van der Waals surface area contributed by atoms with Crippen LogP contribution in [0.25, 0.3) is 6.08 Å². The van der Waals surface area contributed by atoms with Crippen molar-refractivity contribution < 1.29 is 18.7 Å². The fraction of sp³-hybridized carbons (Fsp3) is 0.0476. The van der Waals surface area contributed by atoms with Gasteiger partial charge in [0.25, 0.3) is 11.8 Å². The maximum atomic E-state index is 12.9. The Morgan fingerprint density at radius 3 is 2.61 bits per heavy atom. The van der Waals surface area contributed by atoms with Gasteiger partial charge in [-0.1, -0.05) is 40.2 Å². The molecule has 2 aromatic carbocycles. The van der Waals surface area contributed by atoms with Gasteiger partial charge >= 0.3 is 0 Å². The summed E-state index contributed by atoms with van der Waals surface area (Å²) in [6.45, 7) is 0. The van der Waals surface area contributed by atoms with Crippen molar-refractivity contribution in [2.45, 2.75) is 0 Å². The van der Waals surface area contributed by atoms with Gasteiger partial charge in [0, 0.05) is 4.47 Å². The molecule has 3 aromatic rings. The summed E-state index contributed by atoms with van der Waals surface area (Å²) in [6, 6.07) is 17.5. The molecule has 3 rings (SSSR count). The summed E-state index contributed by atoms with van der Waals surface area (Å²) in [6.07, 6.45) is 2.97. The van der Waals surface area contributed by atoms with Gasteiger partial charge in [-0.3, -0.25) is 9.59 Å². The Hall–Kier alpha value is -3.32. The van der Waals surface area contributed by atoms with Gasteiger partial charge in [0.15, 0.2) is 5.76 Å². The highest BCUT2D eigenvalue weighted by Gasteiger charge is 2.17. The molecule has 6 nitrogen and oxygen atoms in total. The number of rotatable bonds is 6. The molecule has 28 heavy (non-hydrogen) atoms. The van der Waals surface area contributed by atoms with E-state index in [4.69, 9.17) is 9.15 Å². The Kier molecular flexibility index (Phi) is 6.29. The smallest absolute Gasteiger partial charge is 0.291 e. The molecule has 0 radical (unpaired) electrons. The molecule has 2 N–H and O–H groups in total. The Labute approximate surface area is 170 Å². The highest BCUT2D eigenvalue weighted by molar-refractivity contribution is 9.10. The van der Waals surface area contributed by atoms with E-state index in [9.17, 15) is 9.59 Å². The first-order valence-corrected chi connectivity index (χ1v) is 9.12. The molecule has 2 amide bonds. The minimum absolute atomic E-state index is 0.0606. The first-order valence-electron chi connectivity index (χ1n) is 8.33. The van der Waals surface area contributed by atoms with E-state index < -0.39 is 11.8 Å². The van der Waals surface area contributed by atoms with Crippen molar-refractivity contribution >= 4 is 39.5 Å². The second-order valence-corrected chi connectivity index (χ2v) is 6.61. The summed E-state index contributed by atoms with van der Waals surface area (Å²) in [7, 11) is 1.52. The predicted molar refractivity (Wildman–Crippen MR) is 110 cm³/mol. The number of amides is 2. The van der Waals surface area contributed by atoms with Crippen molar-refractivity contribution in [2.24, 2.45) is 0 Å². The Morgan fingerprint density at radius 1 is 1.07 bits per heavy atom. The monoisotopic (exact) mass is 440 g/mol. The molecular weight excluding hydrogens is 424 g/mol. The number of hydrogen-bond donors (Lipinski definition) is 2. The number of furan rings is 1. The lowest BCUT2D eigenvalue weighted by atomic mass is 10.2. The number of carbonyl (C=O) groups excluding carboxylic acids is 2. The van der Waals surface area contributed by atoms with E-state index in [1.54, 1.807) is 36.4 Å². The molecule has 0 unspecified atom stereocenters. The molecule has 0 saturated carbocycles. The van der Waals surface area contributed by atoms with Crippen molar-refractivity contribution in [3.8, 4) is 5.75 Å². The zero-order valence-corrected chi connectivity index (χ0v) is 16.5. The highest BCUT2D eigenvalue weighted by Crippen LogP contribution is 2.24. The lowest BCUT2D eigenvalue weighted by Gasteiger charge is -2.13. The number of nitrogens with one attached hydrogen (secondary N) is 2. The standard InChI is InChI=1S/C21H17BrN2O4/c1-27-18-9-3-2-8-16(18)23-20(25)17(13-14-6-4-7-15(22)12-14)24-21(26)19-10-5-11-28-19/h2-13H,1H3,(H,23,25)(H,24,26)/b17-13-. The topological polar surface area (TPSA) is 80.6 Å². The molecule has 0 aliphatic heterocycles. The van der Waals surface area contributed by atoms with Gasteiger partial charge in [0.05, 0.1) is 19.1 Å². The Balaban J connectivity index is 1.90. The van der Waals surface area contributed by atoms with Crippen LogP contribution >= 0.6 is 15.9 Å². The minimum atomic E-state index is -0.526. The maximum absolute atomic E-state index is 12.9. The number of ether oxygens (including phenoxy) is 1. The van der Waals surface area contributed by atoms with Gasteiger partial charge in [-0.05, 0) is 48.0 Å². The van der Waals surface area contributed by atoms with Crippen LogP contribution in [0.3, 0.4) is 0 Å². The third-order valence-electron chi connectivity index (χ3n) is 3.75. The number of carbonyl (C=O) groups is 2. The van der Waals surface area contributed by atoms with Crippen LogP contribution in [-0.2, 0) is 4.79 Å². The van der Waals surface area contributed by atoms with Crippen LogP contribution in [-0.4, -0.2) is 18.9 Å². The molecule has 0 fully saturated rings. The lowest BCUT2D eigenvalue weighted by Crippen LogP contribution is -2.30. The number of halogens is 1. The summed E-state index contributed by atoms with van der Waals surface area (Å²) in [5.74, 6) is -0.411. The fourth-order valence-corrected chi connectivity index (χ4v) is 2.87. The number of anilines is 1. The number of hydrogen-bond acceptors (Lipinski definition) is 4. The molecule has 0 bridgehead atoms. The van der Waals surface area contributed by atoms with Crippen molar-refractivity contribution in [3.63, 3.8) is 0 Å². The van der Waals surface area contributed by atoms with Crippen LogP contribution in [0.4, 0.5) is 5.69 Å². The van der Waals surface area contributed by atoms with Crippen LogP contribution < -0.4 is 15.4 Å². The summed E-state index contributed by atoms with van der Waals surface area (Å²) in [4.78, 5) is 25.3. The SMILES string of the molecule is COc1ccccc1NC(=O)/C(=C/c1cccc(Br)c1)NC(=O)c1ccco1. The van der Waals surface area contributed by atoms with Gasteiger partial charge < -0.3 is 19.8 Å². The van der Waals surface area contributed by atoms with Gasteiger partial charge in [-0.25, -0.2) is 0 Å². The highest BCUT2D eigenvalue weighted by atomic mass is 79.9. The molecule has 142 valence electrons. The molecule has 0 spiro atoms. The van der Waals surface area contributed by atoms with Crippen molar-refractivity contribution in [1.29, 1.82) is 0 Å². The summed E-state index contributed by atoms with van der Waals surface area (Å²) >= 11 is 3.40. The normalized spacial score (nSPS) is 11.0. The average Bonchev–Trinajstić information content (AvgIpc) is 3.23. The van der Waals surface area contributed by atoms with Crippen LogP contribution in [0.2, 0.25) is 0 Å². The fourth-order valence-electron chi connectivity index (χ4n) is 2.45. The summed E-state index contributed by atoms with van der Waals surface area (Å²) in [5, 5.41) is 5.36. The molecule has 1 aromatic heterocycles.